The van der Waals surface area contributed by atoms with E-state index in [1.165, 1.54) is 28.0 Å². The summed E-state index contributed by atoms with van der Waals surface area (Å²) < 4.78 is 9.91. The Hall–Kier alpha value is -4.81. The zero-order chi connectivity index (χ0) is 29.8. The average molecular weight is 568 g/mol. The Morgan fingerprint density at radius 2 is 1.63 bits per heavy atom. The van der Waals surface area contributed by atoms with Crippen molar-refractivity contribution in [2.75, 3.05) is 39.4 Å². The minimum atomic E-state index is -1.15. The number of carbonyl (C=O) groups is 5. The highest BCUT2D eigenvalue weighted by Gasteiger charge is 2.31. The van der Waals surface area contributed by atoms with Crippen LogP contribution in [0.15, 0.2) is 42.5 Å². The van der Waals surface area contributed by atoms with Gasteiger partial charge in [0.15, 0.2) is 5.82 Å². The first-order valence-corrected chi connectivity index (χ1v) is 13.2. The third-order valence-electron chi connectivity index (χ3n) is 6.06. The highest BCUT2D eigenvalue weighted by atomic mass is 16.6. The molecule has 0 radical (unpaired) electrons. The van der Waals surface area contributed by atoms with Crippen molar-refractivity contribution in [1.82, 2.24) is 25.1 Å². The summed E-state index contributed by atoms with van der Waals surface area (Å²) in [5.74, 6) is -2.68. The smallest absolute Gasteiger partial charge is 0.409 e. The topological polar surface area (TPSA) is 168 Å². The highest BCUT2D eigenvalue weighted by molar-refractivity contribution is 5.97. The van der Waals surface area contributed by atoms with Gasteiger partial charge in [-0.2, -0.15) is 0 Å². The Balaban J connectivity index is 1.83. The Labute approximate surface area is 237 Å². The molecule has 1 fully saturated rings. The fraction of sp³-hybridized carbons (Fsp3) is 0.393. The monoisotopic (exact) mass is 567 g/mol. The number of ether oxygens (including phenoxy) is 2. The molecule has 218 valence electrons. The fourth-order valence-electron chi connectivity index (χ4n) is 4.03. The molecule has 1 aliphatic heterocycles. The zero-order valence-corrected chi connectivity index (χ0v) is 22.9. The van der Waals surface area contributed by atoms with Crippen LogP contribution in [0.4, 0.5) is 4.79 Å². The summed E-state index contributed by atoms with van der Waals surface area (Å²) in [5, 5.41) is 11.9. The van der Waals surface area contributed by atoms with Crippen molar-refractivity contribution in [1.29, 1.82) is 0 Å². The van der Waals surface area contributed by atoms with E-state index in [0.29, 0.717) is 5.56 Å². The Morgan fingerprint density at radius 1 is 0.976 bits per heavy atom. The van der Waals surface area contributed by atoms with E-state index in [0.717, 1.165) is 0 Å². The van der Waals surface area contributed by atoms with E-state index in [1.54, 1.807) is 38.1 Å². The number of amides is 3. The summed E-state index contributed by atoms with van der Waals surface area (Å²) in [6.07, 6.45) is 1.59. The predicted octanol–water partition coefficient (Wildman–Crippen LogP) is 1.98. The van der Waals surface area contributed by atoms with Crippen molar-refractivity contribution in [2.45, 2.75) is 32.7 Å². The molecule has 13 heteroatoms. The molecule has 41 heavy (non-hydrogen) atoms. The average Bonchev–Trinajstić information content (AvgIpc) is 2.98. The SMILES string of the molecule is CCOC(=O)C=Cc1cc(C(=O)NC(CCC(=O)O)C(=O)N2CCN(C(=O)OCC)CC2)nc(-c2ccccc2)n1. The van der Waals surface area contributed by atoms with Gasteiger partial charge in [-0.3, -0.25) is 14.4 Å². The Morgan fingerprint density at radius 3 is 2.27 bits per heavy atom. The van der Waals surface area contributed by atoms with Crippen molar-refractivity contribution >= 4 is 35.9 Å². The van der Waals surface area contributed by atoms with Gasteiger partial charge in [-0.05, 0) is 32.4 Å². The van der Waals surface area contributed by atoms with Gasteiger partial charge < -0.3 is 29.7 Å². The number of aromatic nitrogens is 2. The van der Waals surface area contributed by atoms with E-state index < -0.39 is 35.9 Å². The molecule has 1 aliphatic rings. The number of nitrogens with zero attached hydrogens (tertiary/aromatic N) is 4. The first-order valence-electron chi connectivity index (χ1n) is 13.2. The third kappa shape index (κ3) is 9.12. The summed E-state index contributed by atoms with van der Waals surface area (Å²) in [5.41, 5.74) is 0.786. The lowest BCUT2D eigenvalue weighted by molar-refractivity contribution is -0.139. The van der Waals surface area contributed by atoms with Gasteiger partial charge in [-0.15, -0.1) is 0 Å². The molecule has 0 saturated carbocycles. The maximum atomic E-state index is 13.4. The van der Waals surface area contributed by atoms with Crippen molar-refractivity contribution in [3.05, 3.63) is 53.9 Å². The summed E-state index contributed by atoms with van der Waals surface area (Å²) in [6.45, 7) is 4.69. The molecule has 1 aromatic heterocycles. The molecule has 0 aliphatic carbocycles. The molecule has 1 saturated heterocycles. The molecule has 1 atom stereocenters. The second-order valence-corrected chi connectivity index (χ2v) is 8.92. The van der Waals surface area contributed by atoms with Crippen LogP contribution in [-0.2, 0) is 23.9 Å². The van der Waals surface area contributed by atoms with Crippen LogP contribution in [0.2, 0.25) is 0 Å². The maximum absolute atomic E-state index is 13.4. The lowest BCUT2D eigenvalue weighted by Crippen LogP contribution is -2.56. The number of piperazine rings is 1. The van der Waals surface area contributed by atoms with E-state index in [-0.39, 0.29) is 69.4 Å². The number of esters is 1. The van der Waals surface area contributed by atoms with Crippen LogP contribution in [0.1, 0.15) is 42.9 Å². The van der Waals surface area contributed by atoms with Crippen LogP contribution in [0.3, 0.4) is 0 Å². The van der Waals surface area contributed by atoms with E-state index in [9.17, 15) is 29.1 Å². The first-order chi connectivity index (χ1) is 19.7. The summed E-state index contributed by atoms with van der Waals surface area (Å²) in [4.78, 5) is 73.6. The van der Waals surface area contributed by atoms with Crippen LogP contribution in [-0.4, -0.2) is 100 Å². The van der Waals surface area contributed by atoms with E-state index >= 15 is 0 Å². The molecule has 1 aromatic carbocycles. The molecule has 2 aromatic rings. The standard InChI is InChI=1S/C28H33N5O8/c1-3-40-24(36)13-10-20-18-22(30-25(29-20)19-8-6-5-7-9-19)26(37)31-21(11-12-23(34)35)27(38)32-14-16-33(17-15-32)28(39)41-4-2/h5-10,13,18,21H,3-4,11-12,14-17H2,1-2H3,(H,31,37)(H,34,35). The van der Waals surface area contributed by atoms with Crippen molar-refractivity contribution in [2.24, 2.45) is 0 Å². The van der Waals surface area contributed by atoms with Crippen molar-refractivity contribution in [3.63, 3.8) is 0 Å². The number of carbonyl (C=O) groups excluding carboxylic acids is 4. The zero-order valence-electron chi connectivity index (χ0n) is 22.9. The van der Waals surface area contributed by atoms with Gasteiger partial charge in [0.25, 0.3) is 5.91 Å². The highest BCUT2D eigenvalue weighted by Crippen LogP contribution is 2.17. The van der Waals surface area contributed by atoms with E-state index in [2.05, 4.69) is 15.3 Å². The summed E-state index contributed by atoms with van der Waals surface area (Å²) in [6, 6.07) is 9.09. The van der Waals surface area contributed by atoms with Crippen LogP contribution in [0.5, 0.6) is 0 Å². The lowest BCUT2D eigenvalue weighted by atomic mass is 10.1. The van der Waals surface area contributed by atoms with Crippen LogP contribution < -0.4 is 5.32 Å². The molecule has 2 N–H and O–H groups in total. The van der Waals surface area contributed by atoms with Crippen molar-refractivity contribution in [3.8, 4) is 11.4 Å². The third-order valence-corrected chi connectivity index (χ3v) is 6.06. The van der Waals surface area contributed by atoms with Gasteiger partial charge in [0, 0.05) is 44.2 Å². The van der Waals surface area contributed by atoms with Crippen LogP contribution >= 0.6 is 0 Å². The second kappa shape index (κ2) is 15.1. The largest absolute Gasteiger partial charge is 0.481 e. The molecule has 13 nitrogen and oxygen atoms in total. The summed E-state index contributed by atoms with van der Waals surface area (Å²) in [7, 11) is 0. The maximum Gasteiger partial charge on any atom is 0.409 e. The molecule has 2 heterocycles. The van der Waals surface area contributed by atoms with Gasteiger partial charge in [0.05, 0.1) is 18.9 Å². The van der Waals surface area contributed by atoms with Gasteiger partial charge in [0.2, 0.25) is 5.91 Å². The molecular weight excluding hydrogens is 534 g/mol. The number of hydrogen-bond donors (Lipinski definition) is 2. The molecule has 3 amide bonds. The number of rotatable bonds is 11. The lowest BCUT2D eigenvalue weighted by Gasteiger charge is -2.35. The molecular formula is C28H33N5O8. The Kier molecular flexibility index (Phi) is 11.3. The number of hydrogen-bond acceptors (Lipinski definition) is 9. The number of benzene rings is 1. The van der Waals surface area contributed by atoms with E-state index in [4.69, 9.17) is 9.47 Å². The summed E-state index contributed by atoms with van der Waals surface area (Å²) >= 11 is 0. The normalized spacial score (nSPS) is 13.9. The number of carboxylic acids is 1. The number of nitrogens with one attached hydrogen (secondary N) is 1. The number of carboxylic acid groups (broad SMARTS) is 1. The van der Waals surface area contributed by atoms with Crippen LogP contribution in [0, 0.1) is 0 Å². The molecule has 1 unspecified atom stereocenters. The predicted molar refractivity (Wildman–Crippen MR) is 146 cm³/mol. The van der Waals surface area contributed by atoms with Gasteiger partial charge in [-0.1, -0.05) is 30.3 Å². The fourth-order valence-corrected chi connectivity index (χ4v) is 4.03. The minimum Gasteiger partial charge on any atom is -0.481 e. The Bertz CT molecular complexity index is 1280. The van der Waals surface area contributed by atoms with Gasteiger partial charge >= 0.3 is 18.0 Å². The van der Waals surface area contributed by atoms with Crippen molar-refractivity contribution < 1.29 is 38.6 Å². The minimum absolute atomic E-state index is 0.0809. The van der Waals surface area contributed by atoms with Crippen LogP contribution in [0.25, 0.3) is 17.5 Å². The quantitative estimate of drug-likeness (QED) is 0.302. The first kappa shape index (κ1) is 30.7. The van der Waals surface area contributed by atoms with Gasteiger partial charge in [-0.25, -0.2) is 19.6 Å². The van der Waals surface area contributed by atoms with Gasteiger partial charge in [0.1, 0.15) is 11.7 Å². The molecule has 3 rings (SSSR count). The number of aliphatic carboxylic acids is 1. The molecule has 0 spiro atoms. The second-order valence-electron chi connectivity index (χ2n) is 8.92. The van der Waals surface area contributed by atoms with E-state index in [1.807, 2.05) is 6.07 Å². The molecule has 0 bridgehead atoms.